The number of amides is 1. The predicted molar refractivity (Wildman–Crippen MR) is 109 cm³/mol. The third kappa shape index (κ3) is 6.94. The Morgan fingerprint density at radius 1 is 1.12 bits per heavy atom. The second-order valence-electron chi connectivity index (χ2n) is 8.95. The van der Waals surface area contributed by atoms with E-state index >= 15 is 0 Å². The van der Waals surface area contributed by atoms with Gasteiger partial charge in [-0.2, -0.15) is 0 Å². The van der Waals surface area contributed by atoms with Crippen LogP contribution in [0, 0.1) is 11.8 Å². The molecule has 3 atom stereocenters. The molecule has 0 aliphatic heterocycles. The Bertz CT molecular complexity index is 537. The Morgan fingerprint density at radius 2 is 1.68 bits per heavy atom. The first-order chi connectivity index (χ1) is 11.4. The van der Waals surface area contributed by atoms with Crippen molar-refractivity contribution in [2.45, 2.75) is 72.1 Å². The van der Waals surface area contributed by atoms with Crippen LogP contribution in [0.2, 0.25) is 18.1 Å². The standard InChI is InChI=1S/C21H37NO2Si/c1-16(15-24-25(7,8)21(4,5)6)14-17(2)20(23)22-18(3)19-12-10-9-11-13-19/h9-13,16-18H,14-15H2,1-8H3,(H,22,23)/t16-,17+,18-/m1/s1. The van der Waals surface area contributed by atoms with Gasteiger partial charge >= 0.3 is 0 Å². The van der Waals surface area contributed by atoms with E-state index in [0.717, 1.165) is 18.6 Å². The first kappa shape index (κ1) is 21.9. The van der Waals surface area contributed by atoms with Gasteiger partial charge in [-0.15, -0.1) is 0 Å². The van der Waals surface area contributed by atoms with Crippen molar-refractivity contribution in [1.29, 1.82) is 0 Å². The van der Waals surface area contributed by atoms with Crippen LogP contribution in [0.1, 0.15) is 59.6 Å². The van der Waals surface area contributed by atoms with E-state index in [1.807, 2.05) is 44.2 Å². The van der Waals surface area contributed by atoms with Crippen molar-refractivity contribution in [2.24, 2.45) is 11.8 Å². The van der Waals surface area contributed by atoms with Gasteiger partial charge in [-0.05, 0) is 43.0 Å². The van der Waals surface area contributed by atoms with E-state index in [2.05, 4.69) is 46.1 Å². The normalized spacial score (nSPS) is 16.2. The molecule has 25 heavy (non-hydrogen) atoms. The van der Waals surface area contributed by atoms with Crippen LogP contribution in [0.15, 0.2) is 30.3 Å². The second kappa shape index (κ2) is 8.99. The van der Waals surface area contributed by atoms with E-state index in [1.165, 1.54) is 0 Å². The highest BCUT2D eigenvalue weighted by Gasteiger charge is 2.37. The third-order valence-electron chi connectivity index (χ3n) is 5.40. The maximum atomic E-state index is 12.5. The van der Waals surface area contributed by atoms with Gasteiger partial charge in [-0.1, -0.05) is 65.0 Å². The first-order valence-corrected chi connectivity index (χ1v) is 12.3. The molecule has 0 saturated carbocycles. The minimum atomic E-state index is -1.72. The Kier molecular flexibility index (Phi) is 7.88. The van der Waals surface area contributed by atoms with Crippen LogP contribution in [-0.2, 0) is 9.22 Å². The highest BCUT2D eigenvalue weighted by molar-refractivity contribution is 6.74. The van der Waals surface area contributed by atoms with Gasteiger partial charge in [0, 0.05) is 12.5 Å². The minimum absolute atomic E-state index is 0.0100. The van der Waals surface area contributed by atoms with E-state index in [0.29, 0.717) is 5.92 Å². The fraction of sp³-hybridized carbons (Fsp3) is 0.667. The van der Waals surface area contributed by atoms with E-state index in [4.69, 9.17) is 4.43 Å². The first-order valence-electron chi connectivity index (χ1n) is 9.43. The van der Waals surface area contributed by atoms with Gasteiger partial charge < -0.3 is 9.74 Å². The summed E-state index contributed by atoms with van der Waals surface area (Å²) in [5.41, 5.74) is 1.14. The SMILES string of the molecule is C[C@@H](CO[Si](C)(C)C(C)(C)C)C[C@H](C)C(=O)N[C@H](C)c1ccccc1. The van der Waals surface area contributed by atoms with Gasteiger partial charge in [0.05, 0.1) is 6.04 Å². The van der Waals surface area contributed by atoms with Gasteiger partial charge in [0.25, 0.3) is 0 Å². The maximum Gasteiger partial charge on any atom is 0.223 e. The van der Waals surface area contributed by atoms with Crippen molar-refractivity contribution in [3.05, 3.63) is 35.9 Å². The zero-order chi connectivity index (χ0) is 19.3. The third-order valence-corrected chi connectivity index (χ3v) is 9.90. The van der Waals surface area contributed by atoms with Gasteiger partial charge in [0.2, 0.25) is 5.91 Å². The molecule has 0 heterocycles. The van der Waals surface area contributed by atoms with Crippen LogP contribution >= 0.6 is 0 Å². The summed E-state index contributed by atoms with van der Waals surface area (Å²) in [4.78, 5) is 12.5. The van der Waals surface area contributed by atoms with Crippen LogP contribution in [0.4, 0.5) is 0 Å². The lowest BCUT2D eigenvalue weighted by molar-refractivity contribution is -0.125. The highest BCUT2D eigenvalue weighted by atomic mass is 28.4. The molecule has 1 N–H and O–H groups in total. The highest BCUT2D eigenvalue weighted by Crippen LogP contribution is 2.37. The lowest BCUT2D eigenvalue weighted by Crippen LogP contribution is -2.42. The van der Waals surface area contributed by atoms with Gasteiger partial charge in [0.1, 0.15) is 0 Å². The van der Waals surface area contributed by atoms with E-state index < -0.39 is 8.32 Å². The summed E-state index contributed by atoms with van der Waals surface area (Å²) in [7, 11) is -1.72. The average Bonchev–Trinajstić information content (AvgIpc) is 2.52. The molecule has 0 radical (unpaired) electrons. The smallest absolute Gasteiger partial charge is 0.223 e. The maximum absolute atomic E-state index is 12.5. The van der Waals surface area contributed by atoms with Crippen molar-refractivity contribution >= 4 is 14.2 Å². The van der Waals surface area contributed by atoms with Gasteiger partial charge in [0.15, 0.2) is 8.32 Å². The van der Waals surface area contributed by atoms with Crippen LogP contribution in [-0.4, -0.2) is 20.8 Å². The van der Waals surface area contributed by atoms with Crippen LogP contribution in [0.3, 0.4) is 0 Å². The van der Waals surface area contributed by atoms with E-state index in [-0.39, 0.29) is 22.9 Å². The van der Waals surface area contributed by atoms with Crippen molar-refractivity contribution in [3.63, 3.8) is 0 Å². The minimum Gasteiger partial charge on any atom is -0.417 e. The summed E-state index contributed by atoms with van der Waals surface area (Å²) in [5, 5.41) is 3.35. The Hall–Kier alpha value is -1.13. The molecule has 0 aromatic heterocycles. The number of benzene rings is 1. The van der Waals surface area contributed by atoms with Crippen LogP contribution in [0.5, 0.6) is 0 Å². The Balaban J connectivity index is 2.46. The quantitative estimate of drug-likeness (QED) is 0.615. The largest absolute Gasteiger partial charge is 0.417 e. The number of hydrogen-bond donors (Lipinski definition) is 1. The molecule has 3 nitrogen and oxygen atoms in total. The molecule has 0 unspecified atom stereocenters. The molecule has 4 heteroatoms. The summed E-state index contributed by atoms with van der Waals surface area (Å²) in [6, 6.07) is 10.1. The van der Waals surface area contributed by atoms with Gasteiger partial charge in [-0.3, -0.25) is 4.79 Å². The number of nitrogens with one attached hydrogen (secondary N) is 1. The molecule has 142 valence electrons. The van der Waals surface area contributed by atoms with Crippen molar-refractivity contribution < 1.29 is 9.22 Å². The zero-order valence-electron chi connectivity index (χ0n) is 17.3. The molecule has 0 fully saturated rings. The molecule has 1 aromatic rings. The second-order valence-corrected chi connectivity index (χ2v) is 13.8. The molecule has 0 bridgehead atoms. The topological polar surface area (TPSA) is 38.3 Å². The number of carbonyl (C=O) groups is 1. The fourth-order valence-corrected chi connectivity index (χ4v) is 3.66. The van der Waals surface area contributed by atoms with Crippen molar-refractivity contribution in [2.75, 3.05) is 6.61 Å². The molecular formula is C21H37NO2Si. The number of hydrogen-bond acceptors (Lipinski definition) is 2. The van der Waals surface area contributed by atoms with Crippen molar-refractivity contribution in [3.8, 4) is 0 Å². The van der Waals surface area contributed by atoms with E-state index in [9.17, 15) is 4.79 Å². The summed E-state index contributed by atoms with van der Waals surface area (Å²) in [5.74, 6) is 0.488. The lowest BCUT2D eigenvalue weighted by Gasteiger charge is -2.37. The monoisotopic (exact) mass is 363 g/mol. The summed E-state index contributed by atoms with van der Waals surface area (Å²) < 4.78 is 6.29. The molecule has 0 spiro atoms. The molecular weight excluding hydrogens is 326 g/mol. The lowest BCUT2D eigenvalue weighted by atomic mass is 9.96. The fourth-order valence-electron chi connectivity index (χ4n) is 2.53. The van der Waals surface area contributed by atoms with Crippen molar-refractivity contribution in [1.82, 2.24) is 5.32 Å². The number of rotatable bonds is 8. The molecule has 1 rings (SSSR count). The molecule has 0 aliphatic carbocycles. The zero-order valence-corrected chi connectivity index (χ0v) is 18.3. The van der Waals surface area contributed by atoms with E-state index in [1.54, 1.807) is 0 Å². The molecule has 0 aliphatic rings. The molecule has 1 amide bonds. The number of carbonyl (C=O) groups excluding carboxylic acids is 1. The Morgan fingerprint density at radius 3 is 2.20 bits per heavy atom. The van der Waals surface area contributed by atoms with Gasteiger partial charge in [-0.25, -0.2) is 0 Å². The summed E-state index contributed by atoms with van der Waals surface area (Å²) in [6.45, 7) is 18.3. The Labute approximate surface area is 155 Å². The van der Waals surface area contributed by atoms with Crippen LogP contribution < -0.4 is 5.32 Å². The molecule has 1 aromatic carbocycles. The summed E-state index contributed by atoms with van der Waals surface area (Å²) in [6.07, 6.45) is 0.849. The average molecular weight is 364 g/mol. The van der Waals surface area contributed by atoms with Crippen LogP contribution in [0.25, 0.3) is 0 Å². The predicted octanol–water partition coefficient (Wildman–Crippen LogP) is 5.55. The molecule has 0 saturated heterocycles. The summed E-state index contributed by atoms with van der Waals surface area (Å²) >= 11 is 0.